The van der Waals surface area contributed by atoms with Crippen molar-refractivity contribution >= 4 is 34.9 Å². The molecule has 0 saturated carbocycles. The van der Waals surface area contributed by atoms with E-state index < -0.39 is 0 Å². The van der Waals surface area contributed by atoms with Crippen LogP contribution in [0.25, 0.3) is 0 Å². The Hall–Kier alpha value is -4.51. The first-order valence-electron chi connectivity index (χ1n) is 10.5. The van der Waals surface area contributed by atoms with Gasteiger partial charge < -0.3 is 29.6 Å². The molecular weight excluding hydrogens is 488 g/mol. The van der Waals surface area contributed by atoms with Crippen LogP contribution in [0.5, 0.6) is 23.0 Å². The zero-order chi connectivity index (χ0) is 25.9. The minimum atomic E-state index is -0.215. The van der Waals surface area contributed by atoms with Gasteiger partial charge in [-0.15, -0.1) is 0 Å². The van der Waals surface area contributed by atoms with Gasteiger partial charge in [-0.1, -0.05) is 11.6 Å². The van der Waals surface area contributed by atoms with Gasteiger partial charge in [0.15, 0.2) is 23.0 Å². The number of aromatic nitrogens is 4. The number of halogens is 1. The van der Waals surface area contributed by atoms with Crippen LogP contribution in [0.1, 0.15) is 0 Å². The highest BCUT2D eigenvalue weighted by Crippen LogP contribution is 2.31. The van der Waals surface area contributed by atoms with Gasteiger partial charge in [-0.05, 0) is 30.3 Å². The van der Waals surface area contributed by atoms with E-state index >= 15 is 0 Å². The number of rotatable bonds is 8. The molecule has 0 unspecified atom stereocenters. The Morgan fingerprint density at radius 3 is 1.81 bits per heavy atom. The van der Waals surface area contributed by atoms with E-state index in [4.69, 9.17) is 30.5 Å². The van der Waals surface area contributed by atoms with Crippen molar-refractivity contribution in [3.05, 3.63) is 76.4 Å². The molecule has 0 radical (unpaired) electrons. The highest BCUT2D eigenvalue weighted by molar-refractivity contribution is 6.29. The van der Waals surface area contributed by atoms with E-state index in [1.165, 1.54) is 12.3 Å². The number of anilines is 4. The summed E-state index contributed by atoms with van der Waals surface area (Å²) < 4.78 is 20.7. The van der Waals surface area contributed by atoms with Crippen molar-refractivity contribution in [2.24, 2.45) is 0 Å². The van der Waals surface area contributed by atoms with Crippen LogP contribution in [0.3, 0.4) is 0 Å². The van der Waals surface area contributed by atoms with Gasteiger partial charge in [0.25, 0.3) is 5.56 Å². The fourth-order valence-corrected chi connectivity index (χ4v) is 3.06. The topological polar surface area (TPSA) is 133 Å². The molecular formula is C24H25ClN6O5. The first kappa shape index (κ1) is 26.1. The van der Waals surface area contributed by atoms with Gasteiger partial charge in [0.1, 0.15) is 5.15 Å². The molecule has 2 aromatic heterocycles. The molecule has 0 aliphatic rings. The number of methoxy groups -OCH3 is 4. The number of benzene rings is 2. The van der Waals surface area contributed by atoms with Gasteiger partial charge in [-0.25, -0.2) is 15.0 Å². The lowest BCUT2D eigenvalue weighted by Crippen LogP contribution is -2.08. The van der Waals surface area contributed by atoms with E-state index in [1.54, 1.807) is 71.0 Å². The van der Waals surface area contributed by atoms with Crippen LogP contribution in [0.2, 0.25) is 5.15 Å². The molecule has 0 aliphatic heterocycles. The highest BCUT2D eigenvalue weighted by atomic mass is 35.5. The van der Waals surface area contributed by atoms with Gasteiger partial charge in [-0.2, -0.15) is 0 Å². The van der Waals surface area contributed by atoms with Gasteiger partial charge in [-0.3, -0.25) is 9.78 Å². The molecule has 2 aromatic carbocycles. The average Bonchev–Trinajstić information content (AvgIpc) is 2.89. The summed E-state index contributed by atoms with van der Waals surface area (Å²) >= 11 is 5.78. The maximum Gasteiger partial charge on any atom is 0.252 e. The zero-order valence-corrected chi connectivity index (χ0v) is 20.8. The number of nitrogens with one attached hydrogen (secondary N) is 3. The standard InChI is InChI=1S/C12H12ClN3O2.C12H13N3O3/c1-17-9-4-3-8(7-10(9)18-2)15-12-14-6-5-11(13)16-12;1-17-9-4-3-8(7-10(9)18-2)14-12-13-6-5-11(16)15-12/h3-7H,1-2H3,(H,14,15,16);3-7H,1-2H3,(H2,13,14,15,16). The van der Waals surface area contributed by atoms with Crippen molar-refractivity contribution in [2.75, 3.05) is 39.1 Å². The van der Waals surface area contributed by atoms with Crippen LogP contribution >= 0.6 is 11.6 Å². The summed E-state index contributed by atoms with van der Waals surface area (Å²) in [6.07, 6.45) is 3.01. The Kier molecular flexibility index (Phi) is 9.29. The fraction of sp³-hybridized carbons (Fsp3) is 0.167. The van der Waals surface area contributed by atoms with Crippen LogP contribution in [0.15, 0.2) is 65.7 Å². The summed E-state index contributed by atoms with van der Waals surface area (Å²) in [5.74, 6) is 3.32. The molecule has 11 nitrogen and oxygen atoms in total. The van der Waals surface area contributed by atoms with Crippen molar-refractivity contribution in [1.29, 1.82) is 0 Å². The number of aromatic amines is 1. The van der Waals surface area contributed by atoms with E-state index in [9.17, 15) is 4.79 Å². The van der Waals surface area contributed by atoms with E-state index in [0.717, 1.165) is 11.4 Å². The molecule has 4 rings (SSSR count). The van der Waals surface area contributed by atoms with Gasteiger partial charge in [0, 0.05) is 42.0 Å². The minimum absolute atomic E-state index is 0.215. The summed E-state index contributed by atoms with van der Waals surface area (Å²) in [5.41, 5.74) is 1.31. The maximum atomic E-state index is 11.1. The molecule has 3 N–H and O–H groups in total. The largest absolute Gasteiger partial charge is 0.493 e. The number of hydrogen-bond acceptors (Lipinski definition) is 10. The lowest BCUT2D eigenvalue weighted by atomic mass is 10.3. The average molecular weight is 513 g/mol. The van der Waals surface area contributed by atoms with Crippen molar-refractivity contribution in [2.45, 2.75) is 0 Å². The van der Waals surface area contributed by atoms with E-state index in [1.807, 2.05) is 6.07 Å². The smallest absolute Gasteiger partial charge is 0.252 e. The molecule has 0 bridgehead atoms. The molecule has 0 amide bonds. The molecule has 0 aliphatic carbocycles. The molecule has 0 fully saturated rings. The van der Waals surface area contributed by atoms with Crippen LogP contribution in [-0.2, 0) is 0 Å². The molecule has 0 atom stereocenters. The predicted octanol–water partition coefficient (Wildman–Crippen LogP) is 4.42. The second-order valence-electron chi connectivity index (χ2n) is 6.88. The first-order valence-corrected chi connectivity index (χ1v) is 10.9. The quantitative estimate of drug-likeness (QED) is 0.291. The zero-order valence-electron chi connectivity index (χ0n) is 20.0. The van der Waals surface area contributed by atoms with E-state index in [-0.39, 0.29) is 5.56 Å². The second kappa shape index (κ2) is 12.8. The van der Waals surface area contributed by atoms with Gasteiger partial charge >= 0.3 is 0 Å². The Labute approximate surface area is 212 Å². The van der Waals surface area contributed by atoms with Crippen LogP contribution < -0.4 is 35.1 Å². The van der Waals surface area contributed by atoms with Gasteiger partial charge in [0.2, 0.25) is 11.9 Å². The molecule has 2 heterocycles. The lowest BCUT2D eigenvalue weighted by Gasteiger charge is -2.10. The number of ether oxygens (including phenoxy) is 4. The molecule has 0 saturated heterocycles. The Bertz CT molecular complexity index is 1350. The number of H-pyrrole nitrogens is 1. The fourth-order valence-electron chi connectivity index (χ4n) is 2.92. The Balaban J connectivity index is 0.000000201. The summed E-state index contributed by atoms with van der Waals surface area (Å²) in [7, 11) is 6.30. The van der Waals surface area contributed by atoms with Crippen molar-refractivity contribution in [1.82, 2.24) is 19.9 Å². The normalized spacial score (nSPS) is 9.92. The predicted molar refractivity (Wildman–Crippen MR) is 138 cm³/mol. The molecule has 4 aromatic rings. The van der Waals surface area contributed by atoms with Crippen LogP contribution in [0, 0.1) is 0 Å². The lowest BCUT2D eigenvalue weighted by molar-refractivity contribution is 0.355. The summed E-state index contributed by atoms with van der Waals surface area (Å²) in [6.45, 7) is 0. The highest BCUT2D eigenvalue weighted by Gasteiger charge is 2.06. The summed E-state index contributed by atoms with van der Waals surface area (Å²) in [6, 6.07) is 13.7. The molecule has 12 heteroatoms. The summed E-state index contributed by atoms with van der Waals surface area (Å²) in [5, 5.41) is 6.38. The third kappa shape index (κ3) is 7.24. The Morgan fingerprint density at radius 1 is 0.722 bits per heavy atom. The van der Waals surface area contributed by atoms with Crippen LogP contribution in [-0.4, -0.2) is 48.4 Å². The number of hydrogen-bond donors (Lipinski definition) is 3. The number of nitrogens with zero attached hydrogens (tertiary/aromatic N) is 3. The third-order valence-corrected chi connectivity index (χ3v) is 4.79. The van der Waals surface area contributed by atoms with Crippen molar-refractivity contribution in [3.63, 3.8) is 0 Å². The SMILES string of the molecule is COc1ccc(Nc2nccc(=O)[nH]2)cc1OC.COc1ccc(Nc2nccc(Cl)n2)cc1OC. The second-order valence-corrected chi connectivity index (χ2v) is 7.26. The van der Waals surface area contributed by atoms with E-state index in [0.29, 0.717) is 40.0 Å². The van der Waals surface area contributed by atoms with Crippen molar-refractivity contribution < 1.29 is 18.9 Å². The van der Waals surface area contributed by atoms with Crippen LogP contribution in [0.4, 0.5) is 23.3 Å². The summed E-state index contributed by atoms with van der Waals surface area (Å²) in [4.78, 5) is 25.8. The molecule has 0 spiro atoms. The monoisotopic (exact) mass is 512 g/mol. The Morgan fingerprint density at radius 2 is 1.28 bits per heavy atom. The van der Waals surface area contributed by atoms with Gasteiger partial charge in [0.05, 0.1) is 28.4 Å². The van der Waals surface area contributed by atoms with Crippen molar-refractivity contribution in [3.8, 4) is 23.0 Å². The molecule has 188 valence electrons. The first-order chi connectivity index (χ1) is 17.4. The van der Waals surface area contributed by atoms with E-state index in [2.05, 4.69) is 30.6 Å². The maximum absolute atomic E-state index is 11.1. The third-order valence-electron chi connectivity index (χ3n) is 4.58. The minimum Gasteiger partial charge on any atom is -0.493 e. The molecule has 36 heavy (non-hydrogen) atoms.